The summed E-state index contributed by atoms with van der Waals surface area (Å²) >= 11 is 0. The lowest BCUT2D eigenvalue weighted by atomic mass is 9.69. The van der Waals surface area contributed by atoms with Crippen molar-refractivity contribution >= 4 is 5.82 Å². The average molecular weight is 247 g/mol. The van der Waals surface area contributed by atoms with E-state index in [0.717, 1.165) is 18.1 Å². The van der Waals surface area contributed by atoms with Gasteiger partial charge in [0.25, 0.3) is 0 Å². The van der Waals surface area contributed by atoms with Crippen LogP contribution in [0.3, 0.4) is 0 Å². The molecule has 1 fully saturated rings. The first-order valence-electron chi connectivity index (χ1n) is 7.28. The molecule has 3 nitrogen and oxygen atoms in total. The maximum Gasteiger partial charge on any atom is 0.131 e. The Labute approximate surface area is 110 Å². The van der Waals surface area contributed by atoms with Crippen LogP contribution in [0.1, 0.15) is 57.7 Å². The minimum Gasteiger partial charge on any atom is -0.373 e. The number of hydrogen-bond donors (Lipinski definition) is 1. The zero-order chi connectivity index (χ0) is 12.8. The van der Waals surface area contributed by atoms with Gasteiger partial charge in [0.2, 0.25) is 0 Å². The van der Waals surface area contributed by atoms with Crippen molar-refractivity contribution in [2.24, 2.45) is 5.41 Å². The van der Waals surface area contributed by atoms with Crippen molar-refractivity contribution in [3.8, 4) is 0 Å². The number of rotatable bonds is 5. The van der Waals surface area contributed by atoms with Crippen molar-refractivity contribution in [1.29, 1.82) is 0 Å². The highest BCUT2D eigenvalue weighted by Crippen LogP contribution is 2.42. The molecule has 1 aliphatic rings. The molecule has 1 saturated carbocycles. The molecule has 3 heteroatoms. The van der Waals surface area contributed by atoms with Crippen LogP contribution < -0.4 is 5.32 Å². The van der Waals surface area contributed by atoms with Crippen LogP contribution >= 0.6 is 0 Å². The predicted molar refractivity (Wildman–Crippen MR) is 75.7 cm³/mol. The number of nitrogens with zero attached hydrogens (tertiary/aromatic N) is 2. The van der Waals surface area contributed by atoms with E-state index in [1.54, 1.807) is 0 Å². The second-order valence-corrected chi connectivity index (χ2v) is 5.60. The molecule has 0 saturated heterocycles. The van der Waals surface area contributed by atoms with Gasteiger partial charge in [0.15, 0.2) is 0 Å². The van der Waals surface area contributed by atoms with E-state index in [0.29, 0.717) is 5.41 Å². The Kier molecular flexibility index (Phi) is 4.56. The van der Waals surface area contributed by atoms with Crippen LogP contribution in [0.2, 0.25) is 0 Å². The highest BCUT2D eigenvalue weighted by atomic mass is 15.0. The monoisotopic (exact) mass is 247 g/mol. The number of nitrogens with one attached hydrogen (secondary N) is 1. The fraction of sp³-hybridized carbons (Fsp3) is 0.733. The quantitative estimate of drug-likeness (QED) is 0.859. The van der Waals surface area contributed by atoms with Gasteiger partial charge in [0, 0.05) is 19.7 Å². The van der Waals surface area contributed by atoms with Gasteiger partial charge in [-0.3, -0.25) is 0 Å². The zero-order valence-corrected chi connectivity index (χ0v) is 11.7. The SMILES string of the molecule is CCCC1(Cc2nccc(NC)n2)CCCCC1. The van der Waals surface area contributed by atoms with Gasteiger partial charge in [-0.1, -0.05) is 32.6 Å². The molecule has 2 rings (SSSR count). The summed E-state index contributed by atoms with van der Waals surface area (Å²) in [6.45, 7) is 2.29. The van der Waals surface area contributed by atoms with Crippen molar-refractivity contribution in [1.82, 2.24) is 9.97 Å². The van der Waals surface area contributed by atoms with E-state index in [-0.39, 0.29) is 0 Å². The van der Waals surface area contributed by atoms with Crippen LogP contribution in [0.15, 0.2) is 12.3 Å². The van der Waals surface area contributed by atoms with Gasteiger partial charge in [-0.25, -0.2) is 9.97 Å². The molecular formula is C15H25N3. The molecule has 0 atom stereocenters. The molecule has 0 radical (unpaired) electrons. The highest BCUT2D eigenvalue weighted by molar-refractivity contribution is 5.31. The van der Waals surface area contributed by atoms with Crippen molar-refractivity contribution in [3.05, 3.63) is 18.1 Å². The maximum absolute atomic E-state index is 4.59. The fourth-order valence-electron chi connectivity index (χ4n) is 3.31. The topological polar surface area (TPSA) is 37.8 Å². The number of anilines is 1. The third kappa shape index (κ3) is 3.21. The van der Waals surface area contributed by atoms with Crippen LogP contribution in [0.4, 0.5) is 5.82 Å². The Morgan fingerprint density at radius 2 is 2.06 bits per heavy atom. The molecule has 0 unspecified atom stereocenters. The molecule has 18 heavy (non-hydrogen) atoms. The summed E-state index contributed by atoms with van der Waals surface area (Å²) in [5.74, 6) is 1.94. The van der Waals surface area contributed by atoms with Crippen LogP contribution in [0.5, 0.6) is 0 Å². The molecule has 100 valence electrons. The van der Waals surface area contributed by atoms with E-state index >= 15 is 0 Å². The molecule has 0 spiro atoms. The largest absolute Gasteiger partial charge is 0.373 e. The van der Waals surface area contributed by atoms with Gasteiger partial charge in [0.05, 0.1) is 0 Å². The van der Waals surface area contributed by atoms with E-state index in [4.69, 9.17) is 0 Å². The van der Waals surface area contributed by atoms with Gasteiger partial charge in [0.1, 0.15) is 11.6 Å². The summed E-state index contributed by atoms with van der Waals surface area (Å²) in [6.07, 6.45) is 12.4. The molecule has 0 aliphatic heterocycles. The van der Waals surface area contributed by atoms with E-state index in [9.17, 15) is 0 Å². The molecular weight excluding hydrogens is 222 g/mol. The summed E-state index contributed by atoms with van der Waals surface area (Å²) in [4.78, 5) is 9.05. The summed E-state index contributed by atoms with van der Waals surface area (Å²) in [6, 6.07) is 1.93. The first-order chi connectivity index (χ1) is 8.78. The summed E-state index contributed by atoms with van der Waals surface area (Å²) in [5, 5.41) is 3.10. The normalized spacial score (nSPS) is 18.6. The maximum atomic E-state index is 4.59. The lowest BCUT2D eigenvalue weighted by Crippen LogP contribution is -2.27. The average Bonchev–Trinajstić information content (AvgIpc) is 2.40. The first-order valence-corrected chi connectivity index (χ1v) is 7.28. The van der Waals surface area contributed by atoms with Gasteiger partial charge < -0.3 is 5.32 Å². The minimum atomic E-state index is 0.472. The minimum absolute atomic E-state index is 0.472. The standard InChI is InChI=1S/C15H25N3/c1-3-8-15(9-5-4-6-10-15)12-14-17-11-7-13(16-2)18-14/h7,11H,3-6,8-10,12H2,1-2H3,(H,16,17,18). The predicted octanol–water partition coefficient (Wildman–Crippen LogP) is 3.81. The van der Waals surface area contributed by atoms with Gasteiger partial charge >= 0.3 is 0 Å². The second kappa shape index (κ2) is 6.17. The van der Waals surface area contributed by atoms with Crippen molar-refractivity contribution in [3.63, 3.8) is 0 Å². The van der Waals surface area contributed by atoms with E-state index in [2.05, 4.69) is 22.2 Å². The van der Waals surface area contributed by atoms with Gasteiger partial charge in [-0.15, -0.1) is 0 Å². The van der Waals surface area contributed by atoms with Crippen molar-refractivity contribution in [2.45, 2.75) is 58.3 Å². The van der Waals surface area contributed by atoms with Crippen LogP contribution in [-0.4, -0.2) is 17.0 Å². The smallest absolute Gasteiger partial charge is 0.131 e. The Hall–Kier alpha value is -1.12. The fourth-order valence-corrected chi connectivity index (χ4v) is 3.31. The van der Waals surface area contributed by atoms with E-state index in [1.807, 2.05) is 19.3 Å². The summed E-state index contributed by atoms with van der Waals surface area (Å²) in [7, 11) is 1.91. The Bertz CT molecular complexity index is 364. The van der Waals surface area contributed by atoms with Crippen molar-refractivity contribution in [2.75, 3.05) is 12.4 Å². The van der Waals surface area contributed by atoms with Crippen molar-refractivity contribution < 1.29 is 0 Å². The van der Waals surface area contributed by atoms with Gasteiger partial charge in [-0.2, -0.15) is 0 Å². The Morgan fingerprint density at radius 1 is 1.28 bits per heavy atom. The lowest BCUT2D eigenvalue weighted by molar-refractivity contribution is 0.166. The van der Waals surface area contributed by atoms with E-state index < -0.39 is 0 Å². The highest BCUT2D eigenvalue weighted by Gasteiger charge is 2.32. The second-order valence-electron chi connectivity index (χ2n) is 5.60. The van der Waals surface area contributed by atoms with Crippen LogP contribution in [0, 0.1) is 5.41 Å². The van der Waals surface area contributed by atoms with Gasteiger partial charge in [-0.05, 0) is 30.7 Å². The molecule has 1 aromatic heterocycles. The molecule has 1 heterocycles. The summed E-state index contributed by atoms with van der Waals surface area (Å²) in [5.41, 5.74) is 0.472. The van der Waals surface area contributed by atoms with Crippen LogP contribution in [0.25, 0.3) is 0 Å². The molecule has 1 aliphatic carbocycles. The third-order valence-electron chi connectivity index (χ3n) is 4.19. The number of aromatic nitrogens is 2. The van der Waals surface area contributed by atoms with E-state index in [1.165, 1.54) is 44.9 Å². The molecule has 0 bridgehead atoms. The Morgan fingerprint density at radius 3 is 2.72 bits per heavy atom. The van der Waals surface area contributed by atoms with Crippen LogP contribution in [-0.2, 0) is 6.42 Å². The summed E-state index contributed by atoms with van der Waals surface area (Å²) < 4.78 is 0. The molecule has 1 N–H and O–H groups in total. The number of hydrogen-bond acceptors (Lipinski definition) is 3. The third-order valence-corrected chi connectivity index (χ3v) is 4.19. The molecule has 1 aromatic rings. The Balaban J connectivity index is 2.11. The lowest BCUT2D eigenvalue weighted by Gasteiger charge is -2.37. The molecule has 0 amide bonds. The molecule has 0 aromatic carbocycles. The first kappa shape index (κ1) is 13.3. The zero-order valence-electron chi connectivity index (χ0n) is 11.7.